The molecule has 1 unspecified atom stereocenters. The van der Waals surface area contributed by atoms with Crippen LogP contribution in [0.2, 0.25) is 0 Å². The van der Waals surface area contributed by atoms with E-state index in [9.17, 15) is 19.5 Å². The Morgan fingerprint density at radius 2 is 2.10 bits per heavy atom. The molecule has 3 aromatic rings. The third-order valence-electron chi connectivity index (χ3n) is 9.19. The standard InChI is InChI=1S/C29H29FN4O6/c1-3-29(38)17-8-21-24-15(10-34(21)25(35)16(17)11-40-27(29)37)23-19(33-26(36)28(31)6-7-39-12-28)5-4-14-13(2)18(30)9-20(32-24)22(14)23/h8-9,19,38H,3-7,10-12,31H2,1-2H3,(H,33,36)/t19-,28?,29-/m1/s1. The van der Waals surface area contributed by atoms with Crippen molar-refractivity contribution >= 4 is 22.8 Å². The largest absolute Gasteiger partial charge is 0.458 e. The molecule has 208 valence electrons. The summed E-state index contributed by atoms with van der Waals surface area (Å²) in [6, 6.07) is 2.57. The van der Waals surface area contributed by atoms with Crippen LogP contribution in [0.4, 0.5) is 4.39 Å². The maximum atomic E-state index is 15.1. The molecule has 1 fully saturated rings. The number of amides is 1. The van der Waals surface area contributed by atoms with Gasteiger partial charge in [0.2, 0.25) is 5.91 Å². The Bertz CT molecular complexity index is 1730. The summed E-state index contributed by atoms with van der Waals surface area (Å²) in [5, 5.41) is 15.1. The Hall–Kier alpha value is -3.67. The summed E-state index contributed by atoms with van der Waals surface area (Å²) in [4.78, 5) is 44.4. The molecule has 1 aliphatic carbocycles. The van der Waals surface area contributed by atoms with Crippen molar-refractivity contribution in [2.45, 2.75) is 69.9 Å². The molecule has 4 aliphatic rings. The van der Waals surface area contributed by atoms with E-state index >= 15 is 4.39 Å². The number of pyridine rings is 2. The van der Waals surface area contributed by atoms with Gasteiger partial charge in [0.05, 0.1) is 41.7 Å². The van der Waals surface area contributed by atoms with E-state index in [1.54, 1.807) is 24.5 Å². The third-order valence-corrected chi connectivity index (χ3v) is 9.19. The van der Waals surface area contributed by atoms with Gasteiger partial charge >= 0.3 is 5.97 Å². The van der Waals surface area contributed by atoms with Crippen LogP contribution in [0.15, 0.2) is 16.9 Å². The van der Waals surface area contributed by atoms with E-state index in [1.807, 2.05) is 0 Å². The molecule has 1 saturated heterocycles. The number of halogens is 1. The first-order chi connectivity index (χ1) is 19.1. The molecular weight excluding hydrogens is 519 g/mol. The van der Waals surface area contributed by atoms with Gasteiger partial charge in [-0.1, -0.05) is 6.92 Å². The fourth-order valence-corrected chi connectivity index (χ4v) is 6.76. The van der Waals surface area contributed by atoms with Crippen LogP contribution in [-0.4, -0.2) is 45.3 Å². The van der Waals surface area contributed by atoms with Crippen molar-refractivity contribution in [2.75, 3.05) is 13.2 Å². The zero-order valence-electron chi connectivity index (χ0n) is 22.2. The fraction of sp³-hybridized carbons (Fsp3) is 0.448. The molecule has 0 radical (unpaired) electrons. The number of aryl methyl sites for hydroxylation is 1. The Labute approximate surface area is 228 Å². The molecule has 0 saturated carbocycles. The molecule has 11 heteroatoms. The summed E-state index contributed by atoms with van der Waals surface area (Å²) >= 11 is 0. The number of aromatic nitrogens is 2. The number of hydrogen-bond acceptors (Lipinski definition) is 8. The molecule has 0 spiro atoms. The molecule has 2 aromatic heterocycles. The smallest absolute Gasteiger partial charge is 0.343 e. The summed E-state index contributed by atoms with van der Waals surface area (Å²) < 4.78 is 27.2. The van der Waals surface area contributed by atoms with E-state index in [1.165, 1.54) is 6.07 Å². The first-order valence-electron chi connectivity index (χ1n) is 13.6. The number of fused-ring (bicyclic) bond motifs is 5. The van der Waals surface area contributed by atoms with Gasteiger partial charge < -0.3 is 30.2 Å². The number of hydrogen-bond donors (Lipinski definition) is 3. The second-order valence-electron chi connectivity index (χ2n) is 11.3. The van der Waals surface area contributed by atoms with Crippen molar-refractivity contribution in [3.05, 3.63) is 61.7 Å². The number of benzene rings is 1. The number of carbonyl (C=O) groups excluding carboxylic acids is 2. The number of nitrogens with zero attached hydrogens (tertiary/aromatic N) is 2. The van der Waals surface area contributed by atoms with Crippen LogP contribution in [0.3, 0.4) is 0 Å². The van der Waals surface area contributed by atoms with E-state index in [-0.39, 0.29) is 54.6 Å². The minimum atomic E-state index is -1.96. The van der Waals surface area contributed by atoms with Gasteiger partial charge in [0, 0.05) is 29.2 Å². The Morgan fingerprint density at radius 3 is 2.83 bits per heavy atom. The number of ether oxygens (including phenoxy) is 2. The number of nitrogens with two attached hydrogens (primary N) is 1. The molecule has 3 atom stereocenters. The number of cyclic esters (lactones) is 1. The van der Waals surface area contributed by atoms with Gasteiger partial charge in [0.15, 0.2) is 5.60 Å². The van der Waals surface area contributed by atoms with Crippen molar-refractivity contribution in [2.24, 2.45) is 5.73 Å². The maximum absolute atomic E-state index is 15.1. The molecule has 1 aromatic carbocycles. The lowest BCUT2D eigenvalue weighted by Crippen LogP contribution is -2.55. The molecule has 5 heterocycles. The predicted octanol–water partition coefficient (Wildman–Crippen LogP) is 1.75. The number of aliphatic hydroxyl groups is 1. The molecule has 1 amide bonds. The van der Waals surface area contributed by atoms with Crippen molar-refractivity contribution in [3.63, 3.8) is 0 Å². The van der Waals surface area contributed by atoms with Crippen LogP contribution in [0, 0.1) is 12.7 Å². The van der Waals surface area contributed by atoms with Gasteiger partial charge in [-0.2, -0.15) is 0 Å². The van der Waals surface area contributed by atoms with Crippen LogP contribution in [0.5, 0.6) is 0 Å². The molecule has 4 N–H and O–H groups in total. The van der Waals surface area contributed by atoms with Gasteiger partial charge in [-0.15, -0.1) is 0 Å². The summed E-state index contributed by atoms with van der Waals surface area (Å²) in [5.74, 6) is -1.50. The highest BCUT2D eigenvalue weighted by Crippen LogP contribution is 2.46. The van der Waals surface area contributed by atoms with Crippen molar-refractivity contribution in [1.82, 2.24) is 14.9 Å². The lowest BCUT2D eigenvalue weighted by Gasteiger charge is -2.32. The fourth-order valence-electron chi connectivity index (χ4n) is 6.76. The number of esters is 1. The number of rotatable bonds is 3. The highest BCUT2D eigenvalue weighted by molar-refractivity contribution is 5.94. The number of nitrogens with one attached hydrogen (secondary N) is 1. The number of carbonyl (C=O) groups is 2. The van der Waals surface area contributed by atoms with Gasteiger partial charge in [-0.05, 0) is 55.4 Å². The van der Waals surface area contributed by atoms with Crippen LogP contribution in [0.1, 0.15) is 65.6 Å². The van der Waals surface area contributed by atoms with Crippen molar-refractivity contribution < 1.29 is 28.6 Å². The van der Waals surface area contributed by atoms with Crippen LogP contribution in [-0.2, 0) is 44.2 Å². The second-order valence-corrected chi connectivity index (χ2v) is 11.3. The zero-order chi connectivity index (χ0) is 28.1. The highest BCUT2D eigenvalue weighted by atomic mass is 19.1. The Morgan fingerprint density at radius 1 is 1.30 bits per heavy atom. The van der Waals surface area contributed by atoms with Crippen LogP contribution < -0.4 is 16.6 Å². The van der Waals surface area contributed by atoms with E-state index in [4.69, 9.17) is 20.2 Å². The first kappa shape index (κ1) is 25.3. The topological polar surface area (TPSA) is 146 Å². The quantitative estimate of drug-likeness (QED) is 0.328. The molecule has 40 heavy (non-hydrogen) atoms. The molecule has 7 rings (SSSR count). The van der Waals surface area contributed by atoms with Crippen molar-refractivity contribution in [1.29, 1.82) is 0 Å². The minimum Gasteiger partial charge on any atom is -0.458 e. The monoisotopic (exact) mass is 548 g/mol. The van der Waals surface area contributed by atoms with E-state index in [0.717, 1.165) is 22.1 Å². The Kier molecular flexibility index (Phi) is 5.33. The lowest BCUT2D eigenvalue weighted by molar-refractivity contribution is -0.172. The molecule has 3 aliphatic heterocycles. The van der Waals surface area contributed by atoms with E-state index in [2.05, 4.69) is 5.32 Å². The lowest BCUT2D eigenvalue weighted by atomic mass is 9.81. The van der Waals surface area contributed by atoms with Gasteiger partial charge in [-0.25, -0.2) is 14.2 Å². The van der Waals surface area contributed by atoms with Gasteiger partial charge in [0.25, 0.3) is 5.56 Å². The summed E-state index contributed by atoms with van der Waals surface area (Å²) in [5.41, 5.74) is 7.52. The van der Waals surface area contributed by atoms with E-state index in [0.29, 0.717) is 48.3 Å². The van der Waals surface area contributed by atoms with Crippen LogP contribution in [0.25, 0.3) is 22.3 Å². The summed E-state index contributed by atoms with van der Waals surface area (Å²) in [6.07, 6.45) is 1.49. The predicted molar refractivity (Wildman–Crippen MR) is 141 cm³/mol. The normalized spacial score (nSPS) is 26.3. The van der Waals surface area contributed by atoms with Gasteiger partial charge in [0.1, 0.15) is 18.0 Å². The average molecular weight is 549 g/mol. The van der Waals surface area contributed by atoms with E-state index < -0.39 is 23.2 Å². The molecule has 0 bridgehead atoms. The SMILES string of the molecule is CC[C@]1(O)C(=O)OCc2c1cc1n(c2=O)Cc2c-1nc1cc(F)c(C)c3c1c2[C@H](NC(=O)C1(N)CCOC1)CC3. The highest BCUT2D eigenvalue weighted by Gasteiger charge is 2.46. The Balaban J connectivity index is 1.46. The molecule has 10 nitrogen and oxygen atoms in total. The van der Waals surface area contributed by atoms with Crippen LogP contribution >= 0.6 is 0 Å². The maximum Gasteiger partial charge on any atom is 0.343 e. The molecular formula is C29H29FN4O6. The third kappa shape index (κ3) is 3.25. The van der Waals surface area contributed by atoms with Gasteiger partial charge in [-0.3, -0.25) is 9.59 Å². The minimum absolute atomic E-state index is 0.0253. The summed E-state index contributed by atoms with van der Waals surface area (Å²) in [6.45, 7) is 3.85. The van der Waals surface area contributed by atoms with Crippen molar-refractivity contribution in [3.8, 4) is 11.4 Å². The summed E-state index contributed by atoms with van der Waals surface area (Å²) in [7, 11) is 0. The zero-order valence-corrected chi connectivity index (χ0v) is 22.2. The average Bonchev–Trinajstić information content (AvgIpc) is 3.55. The second kappa shape index (κ2) is 8.42. The first-order valence-corrected chi connectivity index (χ1v) is 13.6.